The normalized spacial score (nSPS) is 36.2. The van der Waals surface area contributed by atoms with Crippen LogP contribution in [0.4, 0.5) is 0 Å². The summed E-state index contributed by atoms with van der Waals surface area (Å²) in [4.78, 5) is 0. The SMILES string of the molecule is COC(OC)C1(C)OCC(C)O1. The van der Waals surface area contributed by atoms with Crippen LogP contribution >= 0.6 is 0 Å². The third kappa shape index (κ3) is 1.77. The molecule has 2 atom stereocenters. The van der Waals surface area contributed by atoms with Crippen molar-refractivity contribution >= 4 is 0 Å². The topological polar surface area (TPSA) is 36.9 Å². The Balaban J connectivity index is 2.58. The average molecular weight is 176 g/mol. The first-order chi connectivity index (χ1) is 5.62. The van der Waals surface area contributed by atoms with Gasteiger partial charge in [-0.2, -0.15) is 0 Å². The first kappa shape index (κ1) is 9.92. The molecule has 0 aromatic rings. The van der Waals surface area contributed by atoms with E-state index < -0.39 is 12.1 Å². The molecule has 1 rings (SSSR count). The zero-order valence-corrected chi connectivity index (χ0v) is 7.99. The van der Waals surface area contributed by atoms with Gasteiger partial charge in [-0.05, 0) is 13.8 Å². The van der Waals surface area contributed by atoms with Crippen molar-refractivity contribution in [3.05, 3.63) is 0 Å². The number of hydrogen-bond donors (Lipinski definition) is 0. The summed E-state index contributed by atoms with van der Waals surface area (Å²) >= 11 is 0. The molecule has 12 heavy (non-hydrogen) atoms. The van der Waals surface area contributed by atoms with Crippen molar-refractivity contribution in [1.29, 1.82) is 0 Å². The van der Waals surface area contributed by atoms with Gasteiger partial charge < -0.3 is 18.9 Å². The minimum absolute atomic E-state index is 0.0998. The summed E-state index contributed by atoms with van der Waals surface area (Å²) in [5.41, 5.74) is 0. The molecule has 1 heterocycles. The zero-order valence-electron chi connectivity index (χ0n) is 7.99. The summed E-state index contributed by atoms with van der Waals surface area (Å²) in [7, 11) is 3.13. The van der Waals surface area contributed by atoms with Gasteiger partial charge >= 0.3 is 0 Å². The Labute approximate surface area is 72.7 Å². The molecule has 0 saturated carbocycles. The molecule has 0 aliphatic carbocycles. The average Bonchev–Trinajstić information content (AvgIpc) is 2.34. The third-order valence-electron chi connectivity index (χ3n) is 1.90. The molecule has 1 saturated heterocycles. The molecule has 0 radical (unpaired) electrons. The predicted octanol–water partition coefficient (Wildman–Crippen LogP) is 0.757. The van der Waals surface area contributed by atoms with Crippen molar-refractivity contribution in [2.24, 2.45) is 0 Å². The quantitative estimate of drug-likeness (QED) is 0.595. The van der Waals surface area contributed by atoms with E-state index in [0.29, 0.717) is 6.61 Å². The van der Waals surface area contributed by atoms with Gasteiger partial charge in [-0.3, -0.25) is 0 Å². The Hall–Kier alpha value is -0.160. The van der Waals surface area contributed by atoms with Crippen LogP contribution in [0.1, 0.15) is 13.8 Å². The fraction of sp³-hybridized carbons (Fsp3) is 1.00. The summed E-state index contributed by atoms with van der Waals surface area (Å²) in [5.74, 6) is -0.761. The fourth-order valence-electron chi connectivity index (χ4n) is 1.40. The van der Waals surface area contributed by atoms with E-state index in [9.17, 15) is 0 Å². The Bertz CT molecular complexity index is 146. The van der Waals surface area contributed by atoms with Crippen molar-refractivity contribution in [3.63, 3.8) is 0 Å². The lowest BCUT2D eigenvalue weighted by Gasteiger charge is -2.29. The van der Waals surface area contributed by atoms with E-state index in [0.717, 1.165) is 0 Å². The van der Waals surface area contributed by atoms with Crippen molar-refractivity contribution < 1.29 is 18.9 Å². The maximum atomic E-state index is 5.52. The molecule has 1 aliphatic rings. The molecule has 72 valence electrons. The molecular formula is C8H16O4. The maximum Gasteiger partial charge on any atom is 0.218 e. The lowest BCUT2D eigenvalue weighted by atomic mass is 10.3. The number of ether oxygens (including phenoxy) is 4. The van der Waals surface area contributed by atoms with Gasteiger partial charge in [-0.25, -0.2) is 0 Å². The first-order valence-electron chi connectivity index (χ1n) is 3.99. The summed E-state index contributed by atoms with van der Waals surface area (Å²) in [5, 5.41) is 0. The molecule has 4 nitrogen and oxygen atoms in total. The summed E-state index contributed by atoms with van der Waals surface area (Å²) in [6.45, 7) is 4.35. The van der Waals surface area contributed by atoms with E-state index in [4.69, 9.17) is 18.9 Å². The second-order valence-electron chi connectivity index (χ2n) is 3.06. The van der Waals surface area contributed by atoms with Gasteiger partial charge in [0.1, 0.15) is 0 Å². The molecule has 0 N–H and O–H groups in total. The van der Waals surface area contributed by atoms with E-state index in [1.54, 1.807) is 14.2 Å². The Kier molecular flexibility index (Phi) is 3.06. The highest BCUT2D eigenvalue weighted by molar-refractivity contribution is 4.75. The third-order valence-corrected chi connectivity index (χ3v) is 1.90. The monoisotopic (exact) mass is 176 g/mol. The Morgan fingerprint density at radius 1 is 1.42 bits per heavy atom. The predicted molar refractivity (Wildman–Crippen MR) is 42.7 cm³/mol. The fourth-order valence-corrected chi connectivity index (χ4v) is 1.40. The Morgan fingerprint density at radius 3 is 2.33 bits per heavy atom. The zero-order chi connectivity index (χ0) is 9.19. The van der Waals surface area contributed by atoms with Crippen LogP contribution in [0, 0.1) is 0 Å². The van der Waals surface area contributed by atoms with Crippen LogP contribution < -0.4 is 0 Å². The smallest absolute Gasteiger partial charge is 0.218 e. The maximum absolute atomic E-state index is 5.52. The van der Waals surface area contributed by atoms with Crippen molar-refractivity contribution in [3.8, 4) is 0 Å². The van der Waals surface area contributed by atoms with Crippen molar-refractivity contribution in [2.75, 3.05) is 20.8 Å². The highest BCUT2D eigenvalue weighted by atomic mass is 16.8. The second kappa shape index (κ2) is 3.70. The summed E-state index contributed by atoms with van der Waals surface area (Å²) in [6, 6.07) is 0. The molecule has 0 spiro atoms. The van der Waals surface area contributed by atoms with E-state index in [-0.39, 0.29) is 6.10 Å². The molecule has 1 aliphatic heterocycles. The van der Waals surface area contributed by atoms with Crippen LogP contribution in [-0.4, -0.2) is 39.0 Å². The molecule has 2 unspecified atom stereocenters. The lowest BCUT2D eigenvalue weighted by molar-refractivity contribution is -0.295. The highest BCUT2D eigenvalue weighted by Crippen LogP contribution is 2.28. The molecule has 0 aromatic carbocycles. The van der Waals surface area contributed by atoms with E-state index >= 15 is 0 Å². The highest BCUT2D eigenvalue weighted by Gasteiger charge is 2.43. The van der Waals surface area contributed by atoms with Gasteiger partial charge in [-0.1, -0.05) is 0 Å². The molecule has 0 amide bonds. The van der Waals surface area contributed by atoms with Crippen LogP contribution in [0.25, 0.3) is 0 Å². The first-order valence-corrected chi connectivity index (χ1v) is 3.99. The van der Waals surface area contributed by atoms with Gasteiger partial charge in [0.25, 0.3) is 0 Å². The lowest BCUT2D eigenvalue weighted by Crippen LogP contribution is -2.43. The van der Waals surface area contributed by atoms with Gasteiger partial charge in [0.15, 0.2) is 0 Å². The summed E-state index contributed by atoms with van der Waals surface area (Å²) < 4.78 is 21.1. The van der Waals surface area contributed by atoms with Crippen LogP contribution in [0.3, 0.4) is 0 Å². The number of methoxy groups -OCH3 is 2. The number of hydrogen-bond acceptors (Lipinski definition) is 4. The minimum atomic E-state index is -0.761. The van der Waals surface area contributed by atoms with E-state index in [1.165, 1.54) is 0 Å². The Morgan fingerprint density at radius 2 is 2.00 bits per heavy atom. The van der Waals surface area contributed by atoms with Gasteiger partial charge in [0, 0.05) is 14.2 Å². The largest absolute Gasteiger partial charge is 0.351 e. The summed E-state index contributed by atoms with van der Waals surface area (Å²) in [6.07, 6.45) is -0.370. The molecule has 0 bridgehead atoms. The standard InChI is InChI=1S/C8H16O4/c1-6-5-11-8(2,12-6)7(9-3)10-4/h6-7H,5H2,1-4H3. The van der Waals surface area contributed by atoms with Crippen molar-refractivity contribution in [2.45, 2.75) is 32.0 Å². The van der Waals surface area contributed by atoms with Crippen LogP contribution in [0.15, 0.2) is 0 Å². The van der Waals surface area contributed by atoms with Crippen LogP contribution in [0.2, 0.25) is 0 Å². The van der Waals surface area contributed by atoms with E-state index in [1.807, 2.05) is 13.8 Å². The van der Waals surface area contributed by atoms with Crippen LogP contribution in [-0.2, 0) is 18.9 Å². The van der Waals surface area contributed by atoms with Crippen molar-refractivity contribution in [1.82, 2.24) is 0 Å². The molecular weight excluding hydrogens is 160 g/mol. The molecule has 1 fully saturated rings. The molecule has 0 aromatic heterocycles. The minimum Gasteiger partial charge on any atom is -0.351 e. The van der Waals surface area contributed by atoms with Gasteiger partial charge in [0.2, 0.25) is 12.1 Å². The van der Waals surface area contributed by atoms with Crippen LogP contribution in [0.5, 0.6) is 0 Å². The van der Waals surface area contributed by atoms with Gasteiger partial charge in [0.05, 0.1) is 12.7 Å². The second-order valence-corrected chi connectivity index (χ2v) is 3.06. The number of rotatable bonds is 3. The molecule has 4 heteroatoms. The van der Waals surface area contributed by atoms with E-state index in [2.05, 4.69) is 0 Å². The van der Waals surface area contributed by atoms with Gasteiger partial charge in [-0.15, -0.1) is 0 Å².